The van der Waals surface area contributed by atoms with E-state index in [1.807, 2.05) is 0 Å². The third-order valence-corrected chi connectivity index (χ3v) is 3.55. The van der Waals surface area contributed by atoms with Crippen LogP contribution in [0.15, 0.2) is 28.7 Å². The Balaban J connectivity index is 2.14. The van der Waals surface area contributed by atoms with E-state index in [4.69, 9.17) is 9.15 Å². The van der Waals surface area contributed by atoms with Crippen LogP contribution in [0.2, 0.25) is 0 Å². The Morgan fingerprint density at radius 1 is 1.09 bits per heavy atom. The predicted molar refractivity (Wildman–Crippen MR) is 78.5 cm³/mol. The summed E-state index contributed by atoms with van der Waals surface area (Å²) in [6.45, 7) is 6.67. The summed E-state index contributed by atoms with van der Waals surface area (Å²) in [6.07, 6.45) is -0.966. The van der Waals surface area contributed by atoms with Gasteiger partial charge in [-0.15, -0.1) is 0 Å². The van der Waals surface area contributed by atoms with Crippen LogP contribution in [0.25, 0.3) is 0 Å². The molecule has 5 heteroatoms. The maximum atomic E-state index is 12.9. The second-order valence-corrected chi connectivity index (χ2v) is 5.13. The minimum atomic E-state index is -0.966. The highest BCUT2D eigenvalue weighted by Gasteiger charge is 2.25. The first-order valence-corrected chi connectivity index (χ1v) is 6.88. The standard InChI is InChI=1S/C17H17FO4/c1-9-10(2)21-11(3)15(9)17(20)22-12(4)16(19)13-5-7-14(18)8-6-13/h5-8,12H,1-4H3/t12-/m1/s1. The second kappa shape index (κ2) is 6.13. The van der Waals surface area contributed by atoms with Crippen molar-refractivity contribution in [3.63, 3.8) is 0 Å². The zero-order valence-corrected chi connectivity index (χ0v) is 12.9. The number of benzene rings is 1. The Bertz CT molecular complexity index is 713. The molecule has 0 fully saturated rings. The van der Waals surface area contributed by atoms with Gasteiger partial charge in [-0.2, -0.15) is 0 Å². The molecule has 4 nitrogen and oxygen atoms in total. The Morgan fingerprint density at radius 2 is 1.68 bits per heavy atom. The van der Waals surface area contributed by atoms with E-state index in [0.29, 0.717) is 28.2 Å². The van der Waals surface area contributed by atoms with Gasteiger partial charge in [0, 0.05) is 11.1 Å². The van der Waals surface area contributed by atoms with Crippen molar-refractivity contribution in [1.29, 1.82) is 0 Å². The number of hydrogen-bond acceptors (Lipinski definition) is 4. The minimum absolute atomic E-state index is 0.290. The molecule has 0 saturated carbocycles. The molecule has 1 heterocycles. The number of hydrogen-bond donors (Lipinski definition) is 0. The largest absolute Gasteiger partial charge is 0.465 e. The van der Waals surface area contributed by atoms with Crippen LogP contribution in [0.1, 0.15) is 44.7 Å². The lowest BCUT2D eigenvalue weighted by atomic mass is 10.1. The van der Waals surface area contributed by atoms with Crippen molar-refractivity contribution in [2.75, 3.05) is 0 Å². The SMILES string of the molecule is Cc1oc(C)c(C(=O)O[C@H](C)C(=O)c2ccc(F)cc2)c1C. The molecule has 2 rings (SSSR count). The minimum Gasteiger partial charge on any atom is -0.465 e. The molecule has 0 radical (unpaired) electrons. The molecule has 0 spiro atoms. The Hall–Kier alpha value is -2.43. The predicted octanol–water partition coefficient (Wildman–Crippen LogP) is 3.77. The summed E-state index contributed by atoms with van der Waals surface area (Å²) < 4.78 is 23.5. The highest BCUT2D eigenvalue weighted by molar-refractivity contribution is 6.01. The number of halogens is 1. The first-order chi connectivity index (χ1) is 10.3. The Morgan fingerprint density at radius 3 is 2.18 bits per heavy atom. The third kappa shape index (κ3) is 3.08. The fraction of sp³-hybridized carbons (Fsp3) is 0.294. The molecule has 0 N–H and O–H groups in total. The van der Waals surface area contributed by atoms with Gasteiger partial charge in [0.1, 0.15) is 22.9 Å². The number of ketones is 1. The highest BCUT2D eigenvalue weighted by Crippen LogP contribution is 2.22. The van der Waals surface area contributed by atoms with Gasteiger partial charge in [0.15, 0.2) is 6.10 Å². The lowest BCUT2D eigenvalue weighted by Gasteiger charge is -2.12. The third-order valence-electron chi connectivity index (χ3n) is 3.55. The molecular formula is C17H17FO4. The normalized spacial score (nSPS) is 12.0. The van der Waals surface area contributed by atoms with Gasteiger partial charge in [-0.3, -0.25) is 4.79 Å². The molecule has 0 saturated heterocycles. The van der Waals surface area contributed by atoms with E-state index in [1.165, 1.54) is 31.2 Å². The molecule has 0 unspecified atom stereocenters. The van der Waals surface area contributed by atoms with Crippen LogP contribution >= 0.6 is 0 Å². The van der Waals surface area contributed by atoms with Gasteiger partial charge in [-0.05, 0) is 52.0 Å². The summed E-state index contributed by atoms with van der Waals surface area (Å²) in [4.78, 5) is 24.4. The van der Waals surface area contributed by atoms with Crippen molar-refractivity contribution in [2.24, 2.45) is 0 Å². The molecule has 0 amide bonds. The summed E-state index contributed by atoms with van der Waals surface area (Å²) in [5, 5.41) is 0. The van der Waals surface area contributed by atoms with E-state index in [-0.39, 0.29) is 5.78 Å². The van der Waals surface area contributed by atoms with Gasteiger partial charge in [0.2, 0.25) is 5.78 Å². The molecule has 0 aliphatic heterocycles. The molecule has 1 atom stereocenters. The number of Topliss-reactive ketones (excluding diaryl/α,β-unsaturated/α-hetero) is 1. The average Bonchev–Trinajstić information content (AvgIpc) is 2.72. The fourth-order valence-electron chi connectivity index (χ4n) is 2.22. The van der Waals surface area contributed by atoms with Crippen LogP contribution in [0.4, 0.5) is 4.39 Å². The fourth-order valence-corrected chi connectivity index (χ4v) is 2.22. The first-order valence-electron chi connectivity index (χ1n) is 6.88. The molecule has 0 bridgehead atoms. The van der Waals surface area contributed by atoms with Crippen LogP contribution in [-0.2, 0) is 4.74 Å². The quantitative estimate of drug-likeness (QED) is 0.637. The summed E-state index contributed by atoms with van der Waals surface area (Å²) in [5.74, 6) is -0.316. The van der Waals surface area contributed by atoms with Gasteiger partial charge >= 0.3 is 5.97 Å². The van der Waals surface area contributed by atoms with Gasteiger partial charge in [-0.25, -0.2) is 9.18 Å². The second-order valence-electron chi connectivity index (χ2n) is 5.13. The number of aryl methyl sites for hydroxylation is 2. The van der Waals surface area contributed by atoms with Crippen molar-refractivity contribution in [1.82, 2.24) is 0 Å². The van der Waals surface area contributed by atoms with Crippen molar-refractivity contribution in [3.8, 4) is 0 Å². The lowest BCUT2D eigenvalue weighted by Crippen LogP contribution is -2.24. The van der Waals surface area contributed by atoms with Gasteiger partial charge in [0.25, 0.3) is 0 Å². The van der Waals surface area contributed by atoms with Crippen LogP contribution in [-0.4, -0.2) is 17.9 Å². The maximum Gasteiger partial charge on any atom is 0.342 e. The summed E-state index contributed by atoms with van der Waals surface area (Å²) >= 11 is 0. The zero-order chi connectivity index (χ0) is 16.4. The maximum absolute atomic E-state index is 12.9. The van der Waals surface area contributed by atoms with Gasteiger partial charge in [-0.1, -0.05) is 0 Å². The first kappa shape index (κ1) is 15.9. The van der Waals surface area contributed by atoms with E-state index in [0.717, 1.165) is 0 Å². The Kier molecular flexibility index (Phi) is 4.45. The summed E-state index contributed by atoms with van der Waals surface area (Å²) in [5.41, 5.74) is 1.33. The number of esters is 1. The lowest BCUT2D eigenvalue weighted by molar-refractivity contribution is 0.0316. The molecule has 1 aromatic heterocycles. The average molecular weight is 304 g/mol. The zero-order valence-electron chi connectivity index (χ0n) is 12.9. The highest BCUT2D eigenvalue weighted by atomic mass is 19.1. The van der Waals surface area contributed by atoms with Crippen LogP contribution in [0.5, 0.6) is 0 Å². The van der Waals surface area contributed by atoms with Crippen molar-refractivity contribution in [2.45, 2.75) is 33.8 Å². The number of rotatable bonds is 4. The Labute approximate surface area is 127 Å². The number of furan rings is 1. The van der Waals surface area contributed by atoms with E-state index >= 15 is 0 Å². The molecule has 2 aromatic rings. The van der Waals surface area contributed by atoms with E-state index in [9.17, 15) is 14.0 Å². The van der Waals surface area contributed by atoms with E-state index in [2.05, 4.69) is 0 Å². The van der Waals surface area contributed by atoms with Crippen LogP contribution < -0.4 is 0 Å². The van der Waals surface area contributed by atoms with Gasteiger partial charge < -0.3 is 9.15 Å². The van der Waals surface area contributed by atoms with Crippen molar-refractivity contribution in [3.05, 3.63) is 58.3 Å². The number of ether oxygens (including phenoxy) is 1. The van der Waals surface area contributed by atoms with Crippen LogP contribution in [0.3, 0.4) is 0 Å². The topological polar surface area (TPSA) is 56.5 Å². The molecule has 1 aromatic carbocycles. The summed E-state index contributed by atoms with van der Waals surface area (Å²) in [7, 11) is 0. The van der Waals surface area contributed by atoms with Gasteiger partial charge in [0.05, 0.1) is 0 Å². The molecule has 0 aliphatic carbocycles. The smallest absolute Gasteiger partial charge is 0.342 e. The number of carbonyl (C=O) groups excluding carboxylic acids is 2. The van der Waals surface area contributed by atoms with E-state index < -0.39 is 17.9 Å². The molecule has 0 aliphatic rings. The monoisotopic (exact) mass is 304 g/mol. The van der Waals surface area contributed by atoms with Crippen LogP contribution in [0, 0.1) is 26.6 Å². The summed E-state index contributed by atoms with van der Waals surface area (Å²) in [6, 6.07) is 5.10. The van der Waals surface area contributed by atoms with Crippen molar-refractivity contribution >= 4 is 11.8 Å². The molecular weight excluding hydrogens is 287 g/mol. The number of carbonyl (C=O) groups is 2. The van der Waals surface area contributed by atoms with E-state index in [1.54, 1.807) is 20.8 Å². The molecule has 116 valence electrons. The molecule has 22 heavy (non-hydrogen) atoms. The van der Waals surface area contributed by atoms with Crippen molar-refractivity contribution < 1.29 is 23.1 Å².